The molecule has 1 amide bonds. The third-order valence-electron chi connectivity index (χ3n) is 6.21. The van der Waals surface area contributed by atoms with Gasteiger partial charge in [-0.3, -0.25) is 0 Å². The number of aliphatic carboxylic acids is 1. The first-order valence-electron chi connectivity index (χ1n) is 11.3. The molecule has 3 aromatic rings. The Morgan fingerprint density at radius 1 is 0.941 bits per heavy atom. The van der Waals surface area contributed by atoms with Crippen LogP contribution in [0.5, 0.6) is 11.5 Å². The van der Waals surface area contributed by atoms with E-state index in [4.69, 9.17) is 14.2 Å². The minimum atomic E-state index is -1.17. The van der Waals surface area contributed by atoms with Crippen molar-refractivity contribution in [3.05, 3.63) is 83.4 Å². The molecule has 5 rings (SSSR count). The Labute approximate surface area is 197 Å². The van der Waals surface area contributed by atoms with Gasteiger partial charge >= 0.3 is 12.1 Å². The van der Waals surface area contributed by atoms with Crippen molar-refractivity contribution in [2.24, 2.45) is 0 Å². The Morgan fingerprint density at radius 2 is 1.62 bits per heavy atom. The predicted octanol–water partition coefficient (Wildman–Crippen LogP) is 4.38. The lowest BCUT2D eigenvalue weighted by molar-refractivity contribution is -0.139. The first-order valence-corrected chi connectivity index (χ1v) is 11.3. The number of amides is 1. The van der Waals surface area contributed by atoms with Crippen molar-refractivity contribution in [2.45, 2.75) is 24.8 Å². The number of carboxylic acid groups (broad SMARTS) is 1. The molecule has 3 aromatic carbocycles. The summed E-state index contributed by atoms with van der Waals surface area (Å²) in [5.41, 5.74) is 5.10. The smallest absolute Gasteiger partial charge is 0.407 e. The normalized spacial score (nSPS) is 14.9. The first kappa shape index (κ1) is 21.8. The molecule has 1 unspecified atom stereocenters. The molecule has 0 fully saturated rings. The van der Waals surface area contributed by atoms with Crippen molar-refractivity contribution in [3.63, 3.8) is 0 Å². The Hall–Kier alpha value is -4.00. The van der Waals surface area contributed by atoms with Gasteiger partial charge in [0.1, 0.15) is 12.6 Å². The van der Waals surface area contributed by atoms with Crippen molar-refractivity contribution >= 4 is 12.1 Å². The summed E-state index contributed by atoms with van der Waals surface area (Å²) in [4.78, 5) is 24.5. The van der Waals surface area contributed by atoms with E-state index in [0.29, 0.717) is 30.3 Å². The molecule has 2 N–H and O–H groups in total. The summed E-state index contributed by atoms with van der Waals surface area (Å²) in [5.74, 6) is -0.140. The lowest BCUT2D eigenvalue weighted by atomic mass is 9.98. The molecular weight excluding hydrogens is 434 g/mol. The fourth-order valence-electron chi connectivity index (χ4n) is 4.62. The topological polar surface area (TPSA) is 94.1 Å². The Kier molecular flexibility index (Phi) is 6.08. The summed E-state index contributed by atoms with van der Waals surface area (Å²) in [7, 11) is 0. The van der Waals surface area contributed by atoms with Gasteiger partial charge in [0.25, 0.3) is 0 Å². The van der Waals surface area contributed by atoms with E-state index in [1.165, 1.54) is 0 Å². The Morgan fingerprint density at radius 3 is 2.32 bits per heavy atom. The summed E-state index contributed by atoms with van der Waals surface area (Å²) >= 11 is 0. The number of nitrogens with one attached hydrogen (secondary N) is 1. The predicted molar refractivity (Wildman–Crippen MR) is 125 cm³/mol. The summed E-state index contributed by atoms with van der Waals surface area (Å²) in [6.07, 6.45) is 0.0223. The molecule has 7 heteroatoms. The molecule has 0 spiro atoms. The summed E-state index contributed by atoms with van der Waals surface area (Å²) < 4.78 is 17.0. The van der Waals surface area contributed by atoms with Crippen LogP contribution < -0.4 is 14.8 Å². The summed E-state index contributed by atoms with van der Waals surface area (Å²) in [6, 6.07) is 20.3. The summed E-state index contributed by atoms with van der Waals surface area (Å²) in [5, 5.41) is 12.2. The molecule has 0 aromatic heterocycles. The zero-order chi connectivity index (χ0) is 23.5. The van der Waals surface area contributed by atoms with E-state index >= 15 is 0 Å². The molecule has 1 heterocycles. The lowest BCUT2D eigenvalue weighted by Gasteiger charge is -2.19. The lowest BCUT2D eigenvalue weighted by Crippen LogP contribution is -2.43. The highest BCUT2D eigenvalue weighted by Gasteiger charge is 2.30. The van der Waals surface area contributed by atoms with Crippen LogP contribution in [0.1, 0.15) is 29.0 Å². The minimum Gasteiger partial charge on any atom is -0.490 e. The van der Waals surface area contributed by atoms with Gasteiger partial charge in [0.2, 0.25) is 0 Å². The maximum Gasteiger partial charge on any atom is 0.407 e. The largest absolute Gasteiger partial charge is 0.490 e. The standard InChI is InChI=1S/C27H25NO6/c29-26(30)23(15-17-7-5-12-24-25(17)33-14-6-13-32-24)28-27(31)34-16-22-20-10-3-1-8-18(20)19-9-2-4-11-21(19)22/h1-5,7-12,22-23H,6,13-16H2,(H,28,31)(H,29,30). The second-order valence-corrected chi connectivity index (χ2v) is 8.36. The van der Waals surface area contributed by atoms with Crippen LogP contribution in [0.4, 0.5) is 4.79 Å². The third-order valence-corrected chi connectivity index (χ3v) is 6.21. The number of carbonyl (C=O) groups excluding carboxylic acids is 1. The van der Waals surface area contributed by atoms with Crippen LogP contribution in [0.15, 0.2) is 66.7 Å². The molecule has 0 saturated carbocycles. The minimum absolute atomic E-state index is 0.0477. The highest BCUT2D eigenvalue weighted by atomic mass is 16.5. The maximum atomic E-state index is 12.6. The van der Waals surface area contributed by atoms with E-state index in [1.807, 2.05) is 36.4 Å². The van der Waals surface area contributed by atoms with Gasteiger partial charge in [-0.1, -0.05) is 60.7 Å². The van der Waals surface area contributed by atoms with Gasteiger partial charge in [0, 0.05) is 24.3 Å². The van der Waals surface area contributed by atoms with Crippen molar-refractivity contribution < 1.29 is 28.9 Å². The summed E-state index contributed by atoms with van der Waals surface area (Å²) in [6.45, 7) is 1.14. The fourth-order valence-corrected chi connectivity index (χ4v) is 4.62. The first-order chi connectivity index (χ1) is 16.6. The zero-order valence-electron chi connectivity index (χ0n) is 18.5. The third kappa shape index (κ3) is 4.29. The number of para-hydroxylation sites is 1. The number of rotatable bonds is 6. The highest BCUT2D eigenvalue weighted by Crippen LogP contribution is 2.44. The van der Waals surface area contributed by atoms with E-state index in [0.717, 1.165) is 28.7 Å². The molecule has 1 atom stereocenters. The Bertz CT molecular complexity index is 1180. The molecule has 174 valence electrons. The van der Waals surface area contributed by atoms with Crippen LogP contribution in [-0.4, -0.2) is 43.0 Å². The van der Waals surface area contributed by atoms with Crippen molar-refractivity contribution in [1.82, 2.24) is 5.32 Å². The SMILES string of the molecule is O=C(NC(Cc1cccc2c1OCCCO2)C(=O)O)OCC1c2ccccc2-c2ccccc21. The van der Waals surface area contributed by atoms with E-state index in [-0.39, 0.29) is 18.9 Å². The van der Waals surface area contributed by atoms with Crippen LogP contribution in [0, 0.1) is 0 Å². The van der Waals surface area contributed by atoms with Gasteiger partial charge < -0.3 is 24.6 Å². The second-order valence-electron chi connectivity index (χ2n) is 8.36. The van der Waals surface area contributed by atoms with Gasteiger partial charge in [-0.2, -0.15) is 0 Å². The van der Waals surface area contributed by atoms with Crippen molar-refractivity contribution in [2.75, 3.05) is 19.8 Å². The van der Waals surface area contributed by atoms with Crippen LogP contribution in [0.2, 0.25) is 0 Å². The maximum absolute atomic E-state index is 12.6. The number of benzene rings is 3. The molecule has 34 heavy (non-hydrogen) atoms. The second kappa shape index (κ2) is 9.47. The number of hydrogen-bond acceptors (Lipinski definition) is 5. The van der Waals surface area contributed by atoms with Gasteiger partial charge in [0.15, 0.2) is 11.5 Å². The van der Waals surface area contributed by atoms with Crippen molar-refractivity contribution in [3.8, 4) is 22.6 Å². The van der Waals surface area contributed by atoms with Gasteiger partial charge in [-0.15, -0.1) is 0 Å². The van der Waals surface area contributed by atoms with Gasteiger partial charge in [-0.05, 0) is 28.3 Å². The van der Waals surface area contributed by atoms with E-state index in [9.17, 15) is 14.7 Å². The van der Waals surface area contributed by atoms with Crippen LogP contribution >= 0.6 is 0 Å². The van der Waals surface area contributed by atoms with E-state index < -0.39 is 18.1 Å². The molecule has 1 aliphatic heterocycles. The molecule has 0 radical (unpaired) electrons. The zero-order valence-corrected chi connectivity index (χ0v) is 18.5. The fraction of sp³-hybridized carbons (Fsp3) is 0.259. The van der Waals surface area contributed by atoms with E-state index in [2.05, 4.69) is 17.4 Å². The number of fused-ring (bicyclic) bond motifs is 4. The molecule has 2 aliphatic rings. The molecular formula is C27H25NO6. The number of carbonyl (C=O) groups is 2. The van der Waals surface area contributed by atoms with Gasteiger partial charge in [0.05, 0.1) is 13.2 Å². The van der Waals surface area contributed by atoms with Crippen LogP contribution in [0.3, 0.4) is 0 Å². The number of ether oxygens (including phenoxy) is 3. The number of alkyl carbamates (subject to hydrolysis) is 1. The molecule has 1 aliphatic carbocycles. The average Bonchev–Trinajstić information content (AvgIpc) is 2.98. The molecule has 7 nitrogen and oxygen atoms in total. The number of carboxylic acids is 1. The van der Waals surface area contributed by atoms with Crippen LogP contribution in [0.25, 0.3) is 11.1 Å². The van der Waals surface area contributed by atoms with E-state index in [1.54, 1.807) is 18.2 Å². The van der Waals surface area contributed by atoms with Gasteiger partial charge in [-0.25, -0.2) is 9.59 Å². The quantitative estimate of drug-likeness (QED) is 0.568. The number of hydrogen-bond donors (Lipinski definition) is 2. The molecule has 0 saturated heterocycles. The molecule has 0 bridgehead atoms. The highest BCUT2D eigenvalue weighted by molar-refractivity contribution is 5.81. The average molecular weight is 459 g/mol. The van der Waals surface area contributed by atoms with Crippen LogP contribution in [-0.2, 0) is 16.0 Å². The van der Waals surface area contributed by atoms with Crippen molar-refractivity contribution in [1.29, 1.82) is 0 Å². The Balaban J connectivity index is 1.27. The monoisotopic (exact) mass is 459 g/mol.